The number of aryl methyl sites for hydroxylation is 2. The number of nitrogens with zero attached hydrogens (tertiary/aromatic N) is 2. The summed E-state index contributed by atoms with van der Waals surface area (Å²) in [5.41, 5.74) is 2.63. The number of sulfonamides is 1. The van der Waals surface area contributed by atoms with Crippen LogP contribution in [0.2, 0.25) is 0 Å². The summed E-state index contributed by atoms with van der Waals surface area (Å²) in [5, 5.41) is 3.82. The molecule has 1 N–H and O–H groups in total. The number of hydrogen-bond donors (Lipinski definition) is 1. The molecule has 0 saturated heterocycles. The van der Waals surface area contributed by atoms with Gasteiger partial charge in [0.15, 0.2) is 0 Å². The number of rotatable bonds is 8. The monoisotopic (exact) mass is 427 g/mol. The van der Waals surface area contributed by atoms with Gasteiger partial charge in [0.2, 0.25) is 10.0 Å². The van der Waals surface area contributed by atoms with Crippen molar-refractivity contribution in [1.29, 1.82) is 0 Å². The predicted molar refractivity (Wildman–Crippen MR) is 120 cm³/mol. The van der Waals surface area contributed by atoms with Gasteiger partial charge in [-0.25, -0.2) is 12.7 Å². The Balaban J connectivity index is 1.81. The summed E-state index contributed by atoms with van der Waals surface area (Å²) in [5.74, 6) is -0.148. The second-order valence-electron chi connectivity index (χ2n) is 7.68. The van der Waals surface area contributed by atoms with Crippen molar-refractivity contribution in [3.05, 3.63) is 65.9 Å². The van der Waals surface area contributed by atoms with Crippen LogP contribution in [0.1, 0.15) is 36.3 Å². The fourth-order valence-electron chi connectivity index (χ4n) is 3.55. The van der Waals surface area contributed by atoms with Gasteiger partial charge in [-0.05, 0) is 56.5 Å². The van der Waals surface area contributed by atoms with Gasteiger partial charge >= 0.3 is 0 Å². The van der Waals surface area contributed by atoms with Crippen molar-refractivity contribution in [1.82, 2.24) is 14.2 Å². The maximum atomic E-state index is 12.9. The molecular weight excluding hydrogens is 398 g/mol. The Bertz CT molecular complexity index is 1140. The number of carbonyl (C=O) groups is 1. The standard InChI is InChI=1S/C23H29N3O3S/c1-5-26-21-14-13-20(30(28,29)25(3)4)15-19(21)16-22(26)23(27)24-17(2)11-12-18-9-7-6-8-10-18/h6-10,13-17H,5,11-12H2,1-4H3,(H,24,27). The lowest BCUT2D eigenvalue weighted by atomic mass is 10.1. The molecule has 1 aromatic heterocycles. The van der Waals surface area contributed by atoms with E-state index in [9.17, 15) is 13.2 Å². The molecule has 0 aliphatic carbocycles. The third kappa shape index (κ3) is 4.57. The molecule has 1 unspecified atom stereocenters. The van der Waals surface area contributed by atoms with Crippen LogP contribution in [-0.2, 0) is 23.0 Å². The second kappa shape index (κ2) is 9.02. The van der Waals surface area contributed by atoms with E-state index in [4.69, 9.17) is 0 Å². The number of benzene rings is 2. The van der Waals surface area contributed by atoms with E-state index in [1.165, 1.54) is 24.0 Å². The van der Waals surface area contributed by atoms with E-state index in [-0.39, 0.29) is 16.8 Å². The Labute approximate surface area is 178 Å². The van der Waals surface area contributed by atoms with Gasteiger partial charge in [0, 0.05) is 37.6 Å². The summed E-state index contributed by atoms with van der Waals surface area (Å²) in [7, 11) is -0.515. The van der Waals surface area contributed by atoms with Crippen molar-refractivity contribution in [2.45, 2.75) is 44.2 Å². The van der Waals surface area contributed by atoms with E-state index in [1.807, 2.05) is 36.6 Å². The maximum absolute atomic E-state index is 12.9. The zero-order chi connectivity index (χ0) is 21.9. The molecule has 0 spiro atoms. The highest BCUT2D eigenvalue weighted by Crippen LogP contribution is 2.25. The lowest BCUT2D eigenvalue weighted by Crippen LogP contribution is -2.34. The molecule has 30 heavy (non-hydrogen) atoms. The van der Waals surface area contributed by atoms with Crippen LogP contribution in [0.4, 0.5) is 0 Å². The van der Waals surface area contributed by atoms with E-state index in [0.29, 0.717) is 12.2 Å². The Morgan fingerprint density at radius 1 is 1.10 bits per heavy atom. The molecule has 3 aromatic rings. The second-order valence-corrected chi connectivity index (χ2v) is 9.83. The molecule has 1 heterocycles. The molecule has 0 radical (unpaired) electrons. The van der Waals surface area contributed by atoms with Gasteiger partial charge < -0.3 is 9.88 Å². The molecule has 1 atom stereocenters. The first-order valence-corrected chi connectivity index (χ1v) is 11.6. The largest absolute Gasteiger partial charge is 0.348 e. The number of amides is 1. The van der Waals surface area contributed by atoms with Gasteiger partial charge in [-0.3, -0.25) is 4.79 Å². The molecule has 1 amide bonds. The van der Waals surface area contributed by atoms with Crippen molar-refractivity contribution in [3.8, 4) is 0 Å². The molecule has 7 heteroatoms. The van der Waals surface area contributed by atoms with Crippen molar-refractivity contribution < 1.29 is 13.2 Å². The Hall–Kier alpha value is -2.64. The Morgan fingerprint density at radius 2 is 1.80 bits per heavy atom. The van der Waals surface area contributed by atoms with Gasteiger partial charge in [0.25, 0.3) is 5.91 Å². The summed E-state index contributed by atoms with van der Waals surface area (Å²) in [4.78, 5) is 13.2. The molecule has 0 bridgehead atoms. The molecule has 0 fully saturated rings. The van der Waals surface area contributed by atoms with E-state index < -0.39 is 10.0 Å². The highest BCUT2D eigenvalue weighted by molar-refractivity contribution is 7.89. The van der Waals surface area contributed by atoms with Crippen LogP contribution in [0, 0.1) is 0 Å². The van der Waals surface area contributed by atoms with Crippen LogP contribution >= 0.6 is 0 Å². The lowest BCUT2D eigenvalue weighted by Gasteiger charge is -2.15. The first-order chi connectivity index (χ1) is 14.2. The Kier molecular flexibility index (Phi) is 6.63. The highest BCUT2D eigenvalue weighted by Gasteiger charge is 2.21. The van der Waals surface area contributed by atoms with Gasteiger partial charge in [0.1, 0.15) is 5.69 Å². The average Bonchev–Trinajstić information content (AvgIpc) is 3.11. The minimum Gasteiger partial charge on any atom is -0.348 e. The summed E-state index contributed by atoms with van der Waals surface area (Å²) in [6.45, 7) is 4.59. The average molecular weight is 428 g/mol. The van der Waals surface area contributed by atoms with Gasteiger partial charge in [-0.2, -0.15) is 0 Å². The first-order valence-electron chi connectivity index (χ1n) is 10.1. The summed E-state index contributed by atoms with van der Waals surface area (Å²) < 4.78 is 28.0. The van der Waals surface area contributed by atoms with Crippen LogP contribution in [0.5, 0.6) is 0 Å². The third-order valence-electron chi connectivity index (χ3n) is 5.29. The molecule has 6 nitrogen and oxygen atoms in total. The van der Waals surface area contributed by atoms with Crippen LogP contribution in [-0.4, -0.2) is 43.3 Å². The molecule has 0 aliphatic rings. The summed E-state index contributed by atoms with van der Waals surface area (Å²) in [6, 6.07) is 17.0. The zero-order valence-corrected chi connectivity index (χ0v) is 18.7. The number of hydrogen-bond acceptors (Lipinski definition) is 3. The smallest absolute Gasteiger partial charge is 0.268 e. The number of aromatic nitrogens is 1. The van der Waals surface area contributed by atoms with E-state index in [2.05, 4.69) is 17.4 Å². The maximum Gasteiger partial charge on any atom is 0.268 e. The number of nitrogens with one attached hydrogen (secondary N) is 1. The number of fused-ring (bicyclic) bond motifs is 1. The van der Waals surface area contributed by atoms with Gasteiger partial charge in [0.05, 0.1) is 4.90 Å². The SMILES string of the molecule is CCn1c(C(=O)NC(C)CCc2ccccc2)cc2cc(S(=O)(=O)N(C)C)ccc21. The quantitative estimate of drug-likeness (QED) is 0.596. The van der Waals surface area contributed by atoms with Crippen LogP contribution in [0.15, 0.2) is 59.5 Å². The zero-order valence-electron chi connectivity index (χ0n) is 17.9. The van der Waals surface area contributed by atoms with Crippen molar-refractivity contribution in [2.24, 2.45) is 0 Å². The van der Waals surface area contributed by atoms with E-state index in [0.717, 1.165) is 23.7 Å². The van der Waals surface area contributed by atoms with E-state index >= 15 is 0 Å². The lowest BCUT2D eigenvalue weighted by molar-refractivity contribution is 0.0929. The van der Waals surface area contributed by atoms with Gasteiger partial charge in [-0.1, -0.05) is 30.3 Å². The molecular formula is C23H29N3O3S. The van der Waals surface area contributed by atoms with Crippen molar-refractivity contribution in [2.75, 3.05) is 14.1 Å². The minimum atomic E-state index is -3.53. The normalized spacial score (nSPS) is 13.0. The molecule has 160 valence electrons. The van der Waals surface area contributed by atoms with E-state index in [1.54, 1.807) is 24.3 Å². The van der Waals surface area contributed by atoms with Gasteiger partial charge in [-0.15, -0.1) is 0 Å². The third-order valence-corrected chi connectivity index (χ3v) is 7.10. The molecule has 0 aliphatic heterocycles. The van der Waals surface area contributed by atoms with Crippen molar-refractivity contribution in [3.63, 3.8) is 0 Å². The fraction of sp³-hybridized carbons (Fsp3) is 0.348. The topological polar surface area (TPSA) is 71.4 Å². The summed E-state index contributed by atoms with van der Waals surface area (Å²) >= 11 is 0. The first kappa shape index (κ1) is 22.1. The summed E-state index contributed by atoms with van der Waals surface area (Å²) in [6.07, 6.45) is 1.73. The van der Waals surface area contributed by atoms with Crippen LogP contribution in [0.3, 0.4) is 0 Å². The Morgan fingerprint density at radius 3 is 2.43 bits per heavy atom. The van der Waals surface area contributed by atoms with Crippen LogP contribution < -0.4 is 5.32 Å². The fourth-order valence-corrected chi connectivity index (χ4v) is 4.48. The molecule has 3 rings (SSSR count). The molecule has 0 saturated carbocycles. The van der Waals surface area contributed by atoms with Crippen LogP contribution in [0.25, 0.3) is 10.9 Å². The predicted octanol–water partition coefficient (Wildman–Crippen LogP) is 3.66. The number of carbonyl (C=O) groups excluding carboxylic acids is 1. The molecule has 2 aromatic carbocycles. The van der Waals surface area contributed by atoms with Crippen molar-refractivity contribution >= 4 is 26.8 Å². The minimum absolute atomic E-state index is 0.0192. The highest BCUT2D eigenvalue weighted by atomic mass is 32.2.